The minimum absolute atomic E-state index is 0.255. The Morgan fingerprint density at radius 1 is 1.26 bits per heavy atom. The summed E-state index contributed by atoms with van der Waals surface area (Å²) < 4.78 is 1.64. The SMILES string of the molecule is N#Cc1ccc(C(=O)Nc2cc(Br)ccc2Br)nc1. The highest BCUT2D eigenvalue weighted by molar-refractivity contribution is 9.11. The lowest BCUT2D eigenvalue weighted by Crippen LogP contribution is -2.13. The molecular weight excluding hydrogens is 374 g/mol. The van der Waals surface area contributed by atoms with Crippen LogP contribution in [0.4, 0.5) is 5.69 Å². The lowest BCUT2D eigenvalue weighted by molar-refractivity contribution is 0.102. The number of halogens is 2. The number of hydrogen-bond donors (Lipinski definition) is 1. The van der Waals surface area contributed by atoms with Crippen molar-refractivity contribution in [2.75, 3.05) is 5.32 Å². The first kappa shape index (κ1) is 13.7. The third-order valence-corrected chi connectivity index (χ3v) is 3.49. The Morgan fingerprint density at radius 2 is 2.05 bits per heavy atom. The molecule has 0 fully saturated rings. The Labute approximate surface area is 126 Å². The molecule has 2 aromatic rings. The number of hydrogen-bond acceptors (Lipinski definition) is 3. The number of carbonyl (C=O) groups excluding carboxylic acids is 1. The zero-order valence-corrected chi connectivity index (χ0v) is 12.7. The zero-order chi connectivity index (χ0) is 13.8. The highest BCUT2D eigenvalue weighted by Gasteiger charge is 2.10. The number of nitrogens with one attached hydrogen (secondary N) is 1. The number of benzene rings is 1. The Morgan fingerprint density at radius 3 is 2.68 bits per heavy atom. The largest absolute Gasteiger partial charge is 0.320 e. The van der Waals surface area contributed by atoms with Crippen LogP contribution in [0.15, 0.2) is 45.5 Å². The van der Waals surface area contributed by atoms with Crippen molar-refractivity contribution in [1.82, 2.24) is 4.98 Å². The van der Waals surface area contributed by atoms with Crippen molar-refractivity contribution in [3.8, 4) is 6.07 Å². The number of anilines is 1. The molecule has 0 aliphatic carbocycles. The molecule has 94 valence electrons. The van der Waals surface area contributed by atoms with Gasteiger partial charge in [-0.05, 0) is 46.3 Å². The fraction of sp³-hybridized carbons (Fsp3) is 0. The van der Waals surface area contributed by atoms with E-state index in [1.165, 1.54) is 12.3 Å². The standard InChI is InChI=1S/C13H7Br2N3O/c14-9-2-3-10(15)12(5-9)18-13(19)11-4-1-8(6-16)7-17-11/h1-5,7H,(H,18,19). The third kappa shape index (κ3) is 3.40. The molecular formula is C13H7Br2N3O. The summed E-state index contributed by atoms with van der Waals surface area (Å²) in [7, 11) is 0. The number of nitrogens with zero attached hydrogens (tertiary/aromatic N) is 2. The van der Waals surface area contributed by atoms with E-state index in [2.05, 4.69) is 42.2 Å². The molecule has 1 amide bonds. The molecule has 2 rings (SSSR count). The summed E-state index contributed by atoms with van der Waals surface area (Å²) in [6.07, 6.45) is 1.37. The first-order valence-corrected chi connectivity index (χ1v) is 6.81. The van der Waals surface area contributed by atoms with E-state index in [1.807, 2.05) is 18.2 Å². The van der Waals surface area contributed by atoms with Crippen LogP contribution in [-0.4, -0.2) is 10.9 Å². The Bertz CT molecular complexity index is 663. The summed E-state index contributed by atoms with van der Waals surface area (Å²) in [5.74, 6) is -0.330. The van der Waals surface area contributed by atoms with Gasteiger partial charge in [0.25, 0.3) is 5.91 Å². The van der Waals surface area contributed by atoms with Gasteiger partial charge in [0.05, 0.1) is 11.3 Å². The van der Waals surface area contributed by atoms with Gasteiger partial charge in [0.15, 0.2) is 0 Å². The topological polar surface area (TPSA) is 65.8 Å². The number of amides is 1. The molecule has 1 N–H and O–H groups in total. The van der Waals surface area contributed by atoms with Crippen molar-refractivity contribution in [2.45, 2.75) is 0 Å². The van der Waals surface area contributed by atoms with Gasteiger partial charge in [-0.15, -0.1) is 0 Å². The molecule has 0 bridgehead atoms. The fourth-order valence-corrected chi connectivity index (χ4v) is 2.08. The molecule has 0 saturated carbocycles. The van der Waals surface area contributed by atoms with E-state index in [0.29, 0.717) is 11.3 Å². The molecule has 0 spiro atoms. The minimum atomic E-state index is -0.330. The van der Waals surface area contributed by atoms with Gasteiger partial charge in [0, 0.05) is 15.1 Å². The minimum Gasteiger partial charge on any atom is -0.320 e. The van der Waals surface area contributed by atoms with E-state index in [0.717, 1.165) is 8.95 Å². The second-order valence-corrected chi connectivity index (χ2v) is 5.39. The summed E-state index contributed by atoms with van der Waals surface area (Å²) in [6, 6.07) is 10.5. The van der Waals surface area contributed by atoms with Crippen LogP contribution in [0.5, 0.6) is 0 Å². The van der Waals surface area contributed by atoms with Gasteiger partial charge >= 0.3 is 0 Å². The van der Waals surface area contributed by atoms with Crippen molar-refractivity contribution < 1.29 is 4.79 Å². The number of aromatic nitrogens is 1. The van der Waals surface area contributed by atoms with Crippen molar-refractivity contribution in [2.24, 2.45) is 0 Å². The molecule has 1 aromatic heterocycles. The van der Waals surface area contributed by atoms with Crippen LogP contribution < -0.4 is 5.32 Å². The van der Waals surface area contributed by atoms with Crippen LogP contribution >= 0.6 is 31.9 Å². The lowest BCUT2D eigenvalue weighted by atomic mass is 10.2. The van der Waals surface area contributed by atoms with Crippen molar-refractivity contribution in [1.29, 1.82) is 5.26 Å². The quantitative estimate of drug-likeness (QED) is 0.863. The first-order valence-electron chi connectivity index (χ1n) is 5.22. The van der Waals surface area contributed by atoms with Gasteiger partial charge in [-0.2, -0.15) is 5.26 Å². The molecule has 0 saturated heterocycles. The second-order valence-electron chi connectivity index (χ2n) is 3.62. The maximum Gasteiger partial charge on any atom is 0.274 e. The van der Waals surface area contributed by atoms with E-state index in [1.54, 1.807) is 12.1 Å². The van der Waals surface area contributed by atoms with E-state index < -0.39 is 0 Å². The highest BCUT2D eigenvalue weighted by Crippen LogP contribution is 2.26. The molecule has 4 nitrogen and oxygen atoms in total. The predicted octanol–water partition coefficient (Wildman–Crippen LogP) is 3.73. The number of carbonyl (C=O) groups is 1. The van der Waals surface area contributed by atoms with E-state index in [4.69, 9.17) is 5.26 Å². The molecule has 0 aliphatic heterocycles. The Kier molecular flexibility index (Phi) is 4.30. The van der Waals surface area contributed by atoms with Crippen LogP contribution in [0.1, 0.15) is 16.1 Å². The van der Waals surface area contributed by atoms with Crippen LogP contribution in [0.3, 0.4) is 0 Å². The maximum absolute atomic E-state index is 12.0. The van der Waals surface area contributed by atoms with E-state index >= 15 is 0 Å². The Hall–Kier alpha value is -1.71. The molecule has 1 heterocycles. The predicted molar refractivity (Wildman–Crippen MR) is 78.7 cm³/mol. The molecule has 1 aromatic carbocycles. The van der Waals surface area contributed by atoms with Crippen LogP contribution in [0, 0.1) is 11.3 Å². The Balaban J connectivity index is 2.21. The average Bonchev–Trinajstić information content (AvgIpc) is 2.43. The third-order valence-electron chi connectivity index (χ3n) is 2.30. The molecule has 6 heteroatoms. The number of nitriles is 1. The van der Waals surface area contributed by atoms with Gasteiger partial charge < -0.3 is 5.32 Å². The van der Waals surface area contributed by atoms with Gasteiger partial charge in [-0.25, -0.2) is 4.98 Å². The summed E-state index contributed by atoms with van der Waals surface area (Å²) in [5, 5.41) is 11.4. The van der Waals surface area contributed by atoms with Gasteiger partial charge in [-0.1, -0.05) is 15.9 Å². The number of rotatable bonds is 2. The molecule has 0 atom stereocenters. The summed E-state index contributed by atoms with van der Waals surface area (Å²) >= 11 is 6.69. The van der Waals surface area contributed by atoms with Gasteiger partial charge in [0.1, 0.15) is 11.8 Å². The monoisotopic (exact) mass is 379 g/mol. The molecule has 19 heavy (non-hydrogen) atoms. The van der Waals surface area contributed by atoms with Crippen molar-refractivity contribution in [3.05, 3.63) is 56.7 Å². The van der Waals surface area contributed by atoms with Crippen molar-refractivity contribution >= 4 is 43.5 Å². The first-order chi connectivity index (χ1) is 9.10. The van der Waals surface area contributed by atoms with Crippen LogP contribution in [-0.2, 0) is 0 Å². The fourth-order valence-electron chi connectivity index (χ4n) is 1.37. The summed E-state index contributed by atoms with van der Waals surface area (Å²) in [5.41, 5.74) is 1.32. The molecule has 0 aliphatic rings. The van der Waals surface area contributed by atoms with Gasteiger partial charge in [-0.3, -0.25) is 4.79 Å². The van der Waals surface area contributed by atoms with Crippen molar-refractivity contribution in [3.63, 3.8) is 0 Å². The second kappa shape index (κ2) is 5.95. The van der Waals surface area contributed by atoms with Crippen LogP contribution in [0.2, 0.25) is 0 Å². The molecule has 0 unspecified atom stereocenters. The van der Waals surface area contributed by atoms with E-state index in [9.17, 15) is 4.79 Å². The maximum atomic E-state index is 12.0. The lowest BCUT2D eigenvalue weighted by Gasteiger charge is -2.07. The van der Waals surface area contributed by atoms with E-state index in [-0.39, 0.29) is 11.6 Å². The summed E-state index contributed by atoms with van der Waals surface area (Å²) in [4.78, 5) is 15.9. The summed E-state index contributed by atoms with van der Waals surface area (Å²) in [6.45, 7) is 0. The highest BCUT2D eigenvalue weighted by atomic mass is 79.9. The zero-order valence-electron chi connectivity index (χ0n) is 9.52. The number of pyridine rings is 1. The smallest absolute Gasteiger partial charge is 0.274 e. The normalized spacial score (nSPS) is 9.74. The molecule has 0 radical (unpaired) electrons. The van der Waals surface area contributed by atoms with Crippen LogP contribution in [0.25, 0.3) is 0 Å². The average molecular weight is 381 g/mol. The van der Waals surface area contributed by atoms with Gasteiger partial charge in [0.2, 0.25) is 0 Å².